The van der Waals surface area contributed by atoms with E-state index in [1.165, 1.54) is 0 Å². The fraction of sp³-hybridized carbons (Fsp3) is 0.320. The zero-order valence-electron chi connectivity index (χ0n) is 18.7. The van der Waals surface area contributed by atoms with E-state index in [0.717, 1.165) is 51.2 Å². The number of para-hydroxylation sites is 1. The molecule has 1 aromatic heterocycles. The van der Waals surface area contributed by atoms with Gasteiger partial charge < -0.3 is 4.74 Å². The van der Waals surface area contributed by atoms with Crippen molar-refractivity contribution in [2.45, 2.75) is 32.2 Å². The second kappa shape index (κ2) is 7.81. The largest absolute Gasteiger partial charge is 0.496 e. The maximum absolute atomic E-state index is 13.6. The van der Waals surface area contributed by atoms with Crippen molar-refractivity contribution in [3.63, 3.8) is 0 Å². The number of thioether (sulfide) groups is 1. The third-order valence-electron chi connectivity index (χ3n) is 5.89. The number of aromatic amines is 1. The molecular formula is C25H26N4O2S. The summed E-state index contributed by atoms with van der Waals surface area (Å²) in [7, 11) is 1.66. The van der Waals surface area contributed by atoms with Gasteiger partial charge in [0.2, 0.25) is 0 Å². The Hall–Kier alpha value is -3.06. The summed E-state index contributed by atoms with van der Waals surface area (Å²) in [5, 5.41) is 8.65. The van der Waals surface area contributed by atoms with Crippen molar-refractivity contribution in [2.75, 3.05) is 24.3 Å². The Morgan fingerprint density at radius 3 is 2.53 bits per heavy atom. The van der Waals surface area contributed by atoms with Crippen LogP contribution in [0.2, 0.25) is 0 Å². The highest BCUT2D eigenvalue weighted by Gasteiger charge is 2.45. The number of hydrogen-bond acceptors (Lipinski definition) is 5. The zero-order chi connectivity index (χ0) is 22.5. The smallest absolute Gasteiger partial charge is 0.277 e. The summed E-state index contributed by atoms with van der Waals surface area (Å²) in [4.78, 5) is 20.1. The Morgan fingerprint density at radius 2 is 1.88 bits per heavy atom. The van der Waals surface area contributed by atoms with E-state index in [1.54, 1.807) is 18.9 Å². The van der Waals surface area contributed by atoms with Crippen LogP contribution < -0.4 is 9.64 Å². The number of nitrogens with zero attached hydrogens (tertiary/aromatic N) is 3. The lowest BCUT2D eigenvalue weighted by Gasteiger charge is -2.29. The quantitative estimate of drug-likeness (QED) is 0.615. The van der Waals surface area contributed by atoms with E-state index in [0.29, 0.717) is 5.69 Å². The van der Waals surface area contributed by atoms with Gasteiger partial charge in [-0.2, -0.15) is 5.10 Å². The molecule has 0 saturated carbocycles. The summed E-state index contributed by atoms with van der Waals surface area (Å²) >= 11 is 1.77. The minimum absolute atomic E-state index is 0.0840. The number of amides is 1. The standard InChI is InChI=1S/C25H26N4O2S/c1-25(2,3)22-19-20(27-28-22)24(30)29(21(19)17-7-5-6-8-18(17)31-4)16-11-9-15(10-12-16)23-26-13-14-32-23/h5-12,21H,13-14H2,1-4H3,(H,27,28). The topological polar surface area (TPSA) is 70.6 Å². The summed E-state index contributed by atoms with van der Waals surface area (Å²) in [5.74, 6) is 1.69. The molecule has 3 heterocycles. The fourth-order valence-corrected chi connectivity index (χ4v) is 5.31. The Balaban J connectivity index is 1.66. The highest BCUT2D eigenvalue weighted by Crippen LogP contribution is 2.47. The van der Waals surface area contributed by atoms with Crippen molar-refractivity contribution in [3.8, 4) is 5.75 Å². The predicted octanol–water partition coefficient (Wildman–Crippen LogP) is 4.96. The molecule has 0 radical (unpaired) electrons. The van der Waals surface area contributed by atoms with Crippen LogP contribution in [-0.2, 0) is 5.41 Å². The van der Waals surface area contributed by atoms with E-state index in [1.807, 2.05) is 41.3 Å². The number of aliphatic imine (C=N–C) groups is 1. The molecule has 1 unspecified atom stereocenters. The Morgan fingerprint density at radius 1 is 1.12 bits per heavy atom. The highest BCUT2D eigenvalue weighted by molar-refractivity contribution is 8.14. The second-order valence-corrected chi connectivity index (χ2v) is 10.1. The second-order valence-electron chi connectivity index (χ2n) is 9.01. The third kappa shape index (κ3) is 3.32. The molecule has 6 nitrogen and oxygen atoms in total. The summed E-state index contributed by atoms with van der Waals surface area (Å²) in [6.45, 7) is 7.21. The molecule has 0 saturated heterocycles. The lowest BCUT2D eigenvalue weighted by molar-refractivity contribution is 0.0988. The van der Waals surface area contributed by atoms with E-state index in [9.17, 15) is 4.79 Å². The van der Waals surface area contributed by atoms with Gasteiger partial charge in [-0.15, -0.1) is 11.8 Å². The van der Waals surface area contributed by atoms with Crippen molar-refractivity contribution in [2.24, 2.45) is 4.99 Å². The van der Waals surface area contributed by atoms with Gasteiger partial charge in [-0.05, 0) is 18.2 Å². The molecule has 7 heteroatoms. The van der Waals surface area contributed by atoms with Gasteiger partial charge in [-0.25, -0.2) is 0 Å². The number of carbonyl (C=O) groups excluding carboxylic acids is 1. The first-order chi connectivity index (χ1) is 15.4. The van der Waals surface area contributed by atoms with Crippen molar-refractivity contribution < 1.29 is 9.53 Å². The number of H-pyrrole nitrogens is 1. The summed E-state index contributed by atoms with van der Waals surface area (Å²) in [6, 6.07) is 15.7. The average molecular weight is 447 g/mol. The van der Waals surface area contributed by atoms with Crippen molar-refractivity contribution in [1.29, 1.82) is 0 Å². The normalized spacial score (nSPS) is 18.1. The number of ether oxygens (including phenoxy) is 1. The molecule has 1 N–H and O–H groups in total. The molecule has 0 bridgehead atoms. The van der Waals surface area contributed by atoms with Crippen LogP contribution in [0, 0.1) is 0 Å². The molecular weight excluding hydrogens is 420 g/mol. The number of nitrogens with one attached hydrogen (secondary N) is 1. The van der Waals surface area contributed by atoms with Gasteiger partial charge in [0.15, 0.2) is 0 Å². The summed E-state index contributed by atoms with van der Waals surface area (Å²) in [6.07, 6.45) is 0. The van der Waals surface area contributed by atoms with E-state index in [2.05, 4.69) is 48.1 Å². The number of hydrogen-bond donors (Lipinski definition) is 1. The monoisotopic (exact) mass is 446 g/mol. The van der Waals surface area contributed by atoms with E-state index in [-0.39, 0.29) is 17.4 Å². The van der Waals surface area contributed by atoms with Gasteiger partial charge in [-0.3, -0.25) is 19.8 Å². The van der Waals surface area contributed by atoms with E-state index >= 15 is 0 Å². The highest BCUT2D eigenvalue weighted by atomic mass is 32.2. The van der Waals surface area contributed by atoms with Crippen molar-refractivity contribution in [3.05, 3.63) is 76.6 Å². The van der Waals surface area contributed by atoms with Gasteiger partial charge >= 0.3 is 0 Å². The predicted molar refractivity (Wildman–Crippen MR) is 129 cm³/mol. The molecule has 1 amide bonds. The molecule has 5 rings (SSSR count). The zero-order valence-corrected chi connectivity index (χ0v) is 19.5. The average Bonchev–Trinajstić information content (AvgIpc) is 3.51. The number of aromatic nitrogens is 2. The van der Waals surface area contributed by atoms with Crippen LogP contribution in [-0.4, -0.2) is 40.6 Å². The van der Waals surface area contributed by atoms with Gasteiger partial charge in [0, 0.05) is 40.1 Å². The summed E-state index contributed by atoms with van der Waals surface area (Å²) < 4.78 is 5.69. The van der Waals surface area contributed by atoms with Crippen LogP contribution >= 0.6 is 11.8 Å². The summed E-state index contributed by atoms with van der Waals surface area (Å²) in [5.41, 5.74) is 5.01. The van der Waals surface area contributed by atoms with Crippen LogP contribution in [0.3, 0.4) is 0 Å². The van der Waals surface area contributed by atoms with E-state index in [4.69, 9.17) is 4.74 Å². The van der Waals surface area contributed by atoms with Gasteiger partial charge in [0.25, 0.3) is 5.91 Å². The first-order valence-corrected chi connectivity index (χ1v) is 11.7. The number of carbonyl (C=O) groups is 1. The molecule has 1 atom stereocenters. The van der Waals surface area contributed by atoms with Gasteiger partial charge in [0.05, 0.1) is 23.9 Å². The van der Waals surface area contributed by atoms with Crippen LogP contribution in [0.15, 0.2) is 53.5 Å². The van der Waals surface area contributed by atoms with Crippen molar-refractivity contribution >= 4 is 28.4 Å². The molecule has 164 valence electrons. The number of fused-ring (bicyclic) bond motifs is 1. The number of rotatable bonds is 4. The van der Waals surface area contributed by atoms with Crippen molar-refractivity contribution in [1.82, 2.24) is 10.2 Å². The molecule has 2 aliphatic rings. The van der Waals surface area contributed by atoms with Gasteiger partial charge in [-0.1, -0.05) is 51.1 Å². The van der Waals surface area contributed by atoms with Crippen LogP contribution in [0.5, 0.6) is 5.75 Å². The van der Waals surface area contributed by atoms with Crippen LogP contribution in [0.4, 0.5) is 5.69 Å². The Kier molecular flexibility index (Phi) is 5.08. The number of methoxy groups -OCH3 is 1. The Bertz CT molecular complexity index is 1210. The lowest BCUT2D eigenvalue weighted by Crippen LogP contribution is -2.30. The minimum Gasteiger partial charge on any atom is -0.496 e. The van der Waals surface area contributed by atoms with E-state index < -0.39 is 0 Å². The minimum atomic E-state index is -0.328. The molecule has 0 fully saturated rings. The first-order valence-electron chi connectivity index (χ1n) is 10.7. The maximum Gasteiger partial charge on any atom is 0.277 e. The van der Waals surface area contributed by atoms with Crippen LogP contribution in [0.25, 0.3) is 0 Å². The lowest BCUT2D eigenvalue weighted by atomic mass is 9.85. The first kappa shape index (κ1) is 20.8. The maximum atomic E-state index is 13.6. The molecule has 2 aromatic carbocycles. The number of benzene rings is 2. The SMILES string of the molecule is COc1ccccc1C1c2c(C(C)(C)C)n[nH]c2C(=O)N1c1ccc(C2=NCCS2)cc1. The third-order valence-corrected chi connectivity index (χ3v) is 6.92. The Labute approximate surface area is 192 Å². The molecule has 2 aliphatic heterocycles. The fourth-order valence-electron chi connectivity index (χ4n) is 4.45. The number of anilines is 1. The molecule has 32 heavy (non-hydrogen) atoms. The molecule has 3 aromatic rings. The van der Waals surface area contributed by atoms with Gasteiger partial charge in [0.1, 0.15) is 11.4 Å². The molecule has 0 aliphatic carbocycles. The molecule has 0 spiro atoms. The van der Waals surface area contributed by atoms with Crippen LogP contribution in [0.1, 0.15) is 59.7 Å².